The van der Waals surface area contributed by atoms with Crippen molar-refractivity contribution in [1.82, 2.24) is 9.97 Å². The molecule has 0 atom stereocenters. The van der Waals surface area contributed by atoms with Gasteiger partial charge in [-0.3, -0.25) is 10.3 Å². The lowest BCUT2D eigenvalue weighted by molar-refractivity contribution is 0.262. The number of nitrogens with one attached hydrogen (secondary N) is 2. The van der Waals surface area contributed by atoms with Crippen molar-refractivity contribution in [2.24, 2.45) is 0 Å². The van der Waals surface area contributed by atoms with Crippen LogP contribution in [0.1, 0.15) is 26.3 Å². The Labute approximate surface area is 118 Å². The number of hydrogen-bond donors (Lipinski definition) is 2. The zero-order valence-electron chi connectivity index (χ0n) is 11.8. The molecule has 0 aliphatic rings. The first-order valence-corrected chi connectivity index (χ1v) is 6.40. The van der Waals surface area contributed by atoms with E-state index in [2.05, 4.69) is 41.4 Å². The summed E-state index contributed by atoms with van der Waals surface area (Å²) in [5.74, 6) is 0.415. The van der Waals surface area contributed by atoms with E-state index in [9.17, 15) is 4.79 Å². The second-order valence-corrected chi connectivity index (χ2v) is 5.47. The number of nitrogens with zero attached hydrogens (tertiary/aromatic N) is 2. The van der Waals surface area contributed by atoms with E-state index < -0.39 is 0 Å². The SMILES string of the molecule is CC(C)(C)c1ccccc1NC(=O)Nc1cnccn1. The van der Waals surface area contributed by atoms with E-state index in [1.54, 1.807) is 6.20 Å². The molecule has 0 saturated heterocycles. The maximum Gasteiger partial charge on any atom is 0.324 e. The molecule has 0 unspecified atom stereocenters. The van der Waals surface area contributed by atoms with Crippen molar-refractivity contribution in [2.75, 3.05) is 10.6 Å². The number of amides is 2. The van der Waals surface area contributed by atoms with Gasteiger partial charge < -0.3 is 5.32 Å². The Kier molecular flexibility index (Phi) is 3.98. The number of urea groups is 1. The summed E-state index contributed by atoms with van der Waals surface area (Å²) in [7, 11) is 0. The molecule has 1 aromatic heterocycles. The molecule has 1 aromatic carbocycles. The molecule has 5 heteroatoms. The predicted molar refractivity (Wildman–Crippen MR) is 79.8 cm³/mol. The number of aromatic nitrogens is 2. The highest BCUT2D eigenvalue weighted by Crippen LogP contribution is 2.29. The smallest absolute Gasteiger partial charge is 0.307 e. The van der Waals surface area contributed by atoms with Crippen molar-refractivity contribution in [3.05, 3.63) is 48.4 Å². The Morgan fingerprint density at radius 3 is 2.50 bits per heavy atom. The monoisotopic (exact) mass is 270 g/mol. The Morgan fingerprint density at radius 1 is 1.10 bits per heavy atom. The van der Waals surface area contributed by atoms with Crippen LogP contribution in [0.5, 0.6) is 0 Å². The average Bonchev–Trinajstić information content (AvgIpc) is 2.39. The maximum atomic E-state index is 12.0. The molecular weight excluding hydrogens is 252 g/mol. The summed E-state index contributed by atoms with van der Waals surface area (Å²) in [6, 6.07) is 7.43. The number of para-hydroxylation sites is 1. The average molecular weight is 270 g/mol. The fourth-order valence-electron chi connectivity index (χ4n) is 1.88. The van der Waals surface area contributed by atoms with Crippen LogP contribution in [0.3, 0.4) is 0 Å². The minimum absolute atomic E-state index is 0.0452. The van der Waals surface area contributed by atoms with Gasteiger partial charge in [0, 0.05) is 18.1 Å². The summed E-state index contributed by atoms with van der Waals surface area (Å²) >= 11 is 0. The minimum atomic E-state index is -0.331. The molecule has 0 saturated carbocycles. The predicted octanol–water partition coefficient (Wildman–Crippen LogP) is 3.42. The third-order valence-corrected chi connectivity index (χ3v) is 2.79. The van der Waals surface area contributed by atoms with Gasteiger partial charge in [-0.2, -0.15) is 0 Å². The van der Waals surface area contributed by atoms with Crippen LogP contribution in [0.2, 0.25) is 0 Å². The van der Waals surface area contributed by atoms with E-state index in [1.807, 2.05) is 24.3 Å². The first kappa shape index (κ1) is 14.0. The number of rotatable bonds is 2. The zero-order valence-corrected chi connectivity index (χ0v) is 11.8. The normalized spacial score (nSPS) is 10.9. The van der Waals surface area contributed by atoms with Crippen molar-refractivity contribution < 1.29 is 4.79 Å². The van der Waals surface area contributed by atoms with E-state index in [0.717, 1.165) is 11.3 Å². The molecule has 5 nitrogen and oxygen atoms in total. The molecule has 20 heavy (non-hydrogen) atoms. The lowest BCUT2D eigenvalue weighted by atomic mass is 9.86. The third kappa shape index (κ3) is 3.54. The Balaban J connectivity index is 2.13. The Bertz CT molecular complexity index is 590. The maximum absolute atomic E-state index is 12.0. The fourth-order valence-corrected chi connectivity index (χ4v) is 1.88. The molecule has 2 N–H and O–H groups in total. The van der Waals surface area contributed by atoms with Crippen LogP contribution in [-0.4, -0.2) is 16.0 Å². The van der Waals surface area contributed by atoms with Gasteiger partial charge in [-0.05, 0) is 17.0 Å². The van der Waals surface area contributed by atoms with Gasteiger partial charge in [0.25, 0.3) is 0 Å². The fraction of sp³-hybridized carbons (Fsp3) is 0.267. The molecule has 0 aliphatic heterocycles. The van der Waals surface area contributed by atoms with E-state index in [0.29, 0.717) is 5.82 Å². The molecule has 2 rings (SSSR count). The number of hydrogen-bond acceptors (Lipinski definition) is 3. The van der Waals surface area contributed by atoms with Crippen LogP contribution in [-0.2, 0) is 5.41 Å². The summed E-state index contributed by atoms with van der Waals surface area (Å²) < 4.78 is 0. The number of anilines is 2. The highest BCUT2D eigenvalue weighted by Gasteiger charge is 2.18. The molecule has 0 aliphatic carbocycles. The summed E-state index contributed by atoms with van der Waals surface area (Å²) in [5.41, 5.74) is 1.83. The first-order valence-electron chi connectivity index (χ1n) is 6.40. The van der Waals surface area contributed by atoms with Crippen LogP contribution < -0.4 is 10.6 Å². The zero-order chi connectivity index (χ0) is 14.6. The van der Waals surface area contributed by atoms with Gasteiger partial charge in [0.05, 0.1) is 6.20 Å². The van der Waals surface area contributed by atoms with Crippen LogP contribution in [0.15, 0.2) is 42.9 Å². The number of benzene rings is 1. The lowest BCUT2D eigenvalue weighted by Gasteiger charge is -2.22. The van der Waals surface area contributed by atoms with Gasteiger partial charge in [0.2, 0.25) is 0 Å². The minimum Gasteiger partial charge on any atom is -0.307 e. The van der Waals surface area contributed by atoms with E-state index in [1.165, 1.54) is 12.4 Å². The van der Waals surface area contributed by atoms with Gasteiger partial charge in [0.15, 0.2) is 5.82 Å². The van der Waals surface area contributed by atoms with Crippen molar-refractivity contribution in [3.8, 4) is 0 Å². The van der Waals surface area contributed by atoms with E-state index >= 15 is 0 Å². The summed E-state index contributed by atoms with van der Waals surface area (Å²) in [6.45, 7) is 6.32. The van der Waals surface area contributed by atoms with Crippen LogP contribution in [0.4, 0.5) is 16.3 Å². The highest BCUT2D eigenvalue weighted by atomic mass is 16.2. The standard InChI is InChI=1S/C15H18N4O/c1-15(2,3)11-6-4-5-7-12(11)18-14(20)19-13-10-16-8-9-17-13/h4-10H,1-3H3,(H2,17,18,19,20). The van der Waals surface area contributed by atoms with Crippen molar-refractivity contribution in [1.29, 1.82) is 0 Å². The molecule has 0 fully saturated rings. The number of carbonyl (C=O) groups is 1. The second-order valence-electron chi connectivity index (χ2n) is 5.47. The lowest BCUT2D eigenvalue weighted by Crippen LogP contribution is -2.23. The van der Waals surface area contributed by atoms with Crippen LogP contribution in [0.25, 0.3) is 0 Å². The first-order chi connectivity index (χ1) is 9.47. The molecule has 2 amide bonds. The van der Waals surface area contributed by atoms with Crippen molar-refractivity contribution in [2.45, 2.75) is 26.2 Å². The quantitative estimate of drug-likeness (QED) is 0.878. The Morgan fingerprint density at radius 2 is 1.85 bits per heavy atom. The van der Waals surface area contributed by atoms with Crippen LogP contribution in [0, 0.1) is 0 Å². The second kappa shape index (κ2) is 5.69. The van der Waals surface area contributed by atoms with Gasteiger partial charge in [-0.25, -0.2) is 9.78 Å². The van der Waals surface area contributed by atoms with Crippen LogP contribution >= 0.6 is 0 Å². The van der Waals surface area contributed by atoms with E-state index in [4.69, 9.17) is 0 Å². The molecule has 0 radical (unpaired) electrons. The highest BCUT2D eigenvalue weighted by molar-refractivity contribution is 5.99. The molecule has 1 heterocycles. The Hall–Kier alpha value is -2.43. The summed E-state index contributed by atoms with van der Waals surface area (Å²) in [6.07, 6.45) is 4.58. The van der Waals surface area contributed by atoms with Gasteiger partial charge >= 0.3 is 6.03 Å². The van der Waals surface area contributed by atoms with Crippen molar-refractivity contribution in [3.63, 3.8) is 0 Å². The summed E-state index contributed by atoms with van der Waals surface area (Å²) in [5, 5.41) is 5.49. The van der Waals surface area contributed by atoms with Gasteiger partial charge in [-0.15, -0.1) is 0 Å². The molecule has 0 bridgehead atoms. The molecule has 104 valence electrons. The topological polar surface area (TPSA) is 66.9 Å². The summed E-state index contributed by atoms with van der Waals surface area (Å²) in [4.78, 5) is 19.9. The van der Waals surface area contributed by atoms with Crippen molar-refractivity contribution >= 4 is 17.5 Å². The largest absolute Gasteiger partial charge is 0.324 e. The molecule has 2 aromatic rings. The van der Waals surface area contributed by atoms with E-state index in [-0.39, 0.29) is 11.4 Å². The van der Waals surface area contributed by atoms with Gasteiger partial charge in [-0.1, -0.05) is 39.0 Å². The molecular formula is C15H18N4O. The molecule has 0 spiro atoms. The number of carbonyl (C=O) groups excluding carboxylic acids is 1. The van der Waals surface area contributed by atoms with Gasteiger partial charge in [0.1, 0.15) is 0 Å². The third-order valence-electron chi connectivity index (χ3n) is 2.79.